The van der Waals surface area contributed by atoms with E-state index in [2.05, 4.69) is 4.98 Å². The van der Waals surface area contributed by atoms with Crippen LogP contribution in [0.4, 0.5) is 0 Å². The zero-order valence-corrected chi connectivity index (χ0v) is 12.9. The lowest BCUT2D eigenvalue weighted by Gasteiger charge is -2.06. The molecule has 1 heterocycles. The van der Waals surface area contributed by atoms with Gasteiger partial charge in [0, 0.05) is 16.5 Å². The molecule has 3 nitrogen and oxygen atoms in total. The van der Waals surface area contributed by atoms with E-state index < -0.39 is 0 Å². The van der Waals surface area contributed by atoms with Gasteiger partial charge in [-0.1, -0.05) is 60.7 Å². The number of benzene rings is 3. The fourth-order valence-corrected chi connectivity index (χ4v) is 3.07. The second kappa shape index (κ2) is 5.70. The van der Waals surface area contributed by atoms with Crippen LogP contribution in [0.15, 0.2) is 72.8 Å². The van der Waals surface area contributed by atoms with E-state index in [-0.39, 0.29) is 11.3 Å². The van der Waals surface area contributed by atoms with Gasteiger partial charge in [-0.3, -0.25) is 4.79 Å². The number of nitrogens with one attached hydrogen (secondary N) is 1. The van der Waals surface area contributed by atoms with Gasteiger partial charge in [-0.25, -0.2) is 0 Å². The maximum absolute atomic E-state index is 11.1. The third-order valence-electron chi connectivity index (χ3n) is 4.20. The molecule has 3 aromatic carbocycles. The lowest BCUT2D eigenvalue weighted by atomic mass is 9.98. The minimum Gasteiger partial charge on any atom is -0.507 e. The van der Waals surface area contributed by atoms with Crippen molar-refractivity contribution in [3.63, 3.8) is 0 Å². The zero-order chi connectivity index (χ0) is 16.5. The quantitative estimate of drug-likeness (QED) is 0.522. The third kappa shape index (κ3) is 2.27. The highest BCUT2D eigenvalue weighted by molar-refractivity contribution is 6.06. The number of aromatic amines is 1. The van der Waals surface area contributed by atoms with E-state index in [9.17, 15) is 9.90 Å². The number of carbonyl (C=O) groups excluding carboxylic acids is 1. The molecule has 4 rings (SSSR count). The summed E-state index contributed by atoms with van der Waals surface area (Å²) in [6, 6.07) is 23.4. The van der Waals surface area contributed by atoms with Gasteiger partial charge in [-0.05, 0) is 23.3 Å². The summed E-state index contributed by atoms with van der Waals surface area (Å²) in [5, 5.41) is 11.0. The molecule has 0 radical (unpaired) electrons. The van der Waals surface area contributed by atoms with Crippen LogP contribution in [0, 0.1) is 0 Å². The topological polar surface area (TPSA) is 53.1 Å². The number of hydrogen-bond acceptors (Lipinski definition) is 2. The molecule has 0 aliphatic rings. The van der Waals surface area contributed by atoms with Crippen LogP contribution >= 0.6 is 0 Å². The first kappa shape index (κ1) is 14.3. The van der Waals surface area contributed by atoms with Crippen LogP contribution in [-0.2, 0) is 0 Å². The van der Waals surface area contributed by atoms with E-state index in [1.165, 1.54) is 0 Å². The molecule has 0 spiro atoms. The highest BCUT2D eigenvalue weighted by Gasteiger charge is 2.16. The Bertz CT molecular complexity index is 1020. The van der Waals surface area contributed by atoms with Gasteiger partial charge in [0.2, 0.25) is 0 Å². The first-order chi connectivity index (χ1) is 11.8. The summed E-state index contributed by atoms with van der Waals surface area (Å²) in [6.07, 6.45) is 0.667. The van der Waals surface area contributed by atoms with Crippen molar-refractivity contribution in [1.82, 2.24) is 4.98 Å². The van der Waals surface area contributed by atoms with Crippen molar-refractivity contribution in [2.75, 3.05) is 0 Å². The molecule has 3 heteroatoms. The van der Waals surface area contributed by atoms with Crippen molar-refractivity contribution >= 4 is 17.2 Å². The normalized spacial score (nSPS) is 10.8. The molecule has 0 bridgehead atoms. The molecule has 116 valence electrons. The molecule has 0 fully saturated rings. The molecule has 0 unspecified atom stereocenters. The number of phenols is 1. The lowest BCUT2D eigenvalue weighted by molar-refractivity contribution is 0.112. The molecule has 0 atom stereocenters. The molecule has 2 N–H and O–H groups in total. The molecule has 0 aliphatic heterocycles. The van der Waals surface area contributed by atoms with E-state index in [0.29, 0.717) is 6.29 Å². The number of aldehydes is 1. The standard InChI is InChI=1S/C21H15NO2/c23-13-16-11-18-17(12-19(16)24)20(14-7-3-1-4-8-14)21(22-18)15-9-5-2-6-10-15/h1-13,22,24H. The maximum atomic E-state index is 11.1. The number of aromatic hydroxyl groups is 1. The van der Waals surface area contributed by atoms with Gasteiger partial charge in [0.15, 0.2) is 6.29 Å². The summed E-state index contributed by atoms with van der Waals surface area (Å²) in [7, 11) is 0. The molecular weight excluding hydrogens is 298 g/mol. The van der Waals surface area contributed by atoms with Crippen LogP contribution in [0.25, 0.3) is 33.3 Å². The number of fused-ring (bicyclic) bond motifs is 1. The largest absolute Gasteiger partial charge is 0.507 e. The summed E-state index contributed by atoms with van der Waals surface area (Å²) in [4.78, 5) is 14.5. The van der Waals surface area contributed by atoms with Crippen molar-refractivity contribution in [3.05, 3.63) is 78.4 Å². The fourth-order valence-electron chi connectivity index (χ4n) is 3.07. The van der Waals surface area contributed by atoms with Gasteiger partial charge < -0.3 is 10.1 Å². The van der Waals surface area contributed by atoms with Crippen LogP contribution in [0.3, 0.4) is 0 Å². The smallest absolute Gasteiger partial charge is 0.153 e. The average molecular weight is 313 g/mol. The predicted octanol–water partition coefficient (Wildman–Crippen LogP) is 5.02. The van der Waals surface area contributed by atoms with Gasteiger partial charge in [-0.2, -0.15) is 0 Å². The molecule has 0 amide bonds. The van der Waals surface area contributed by atoms with E-state index in [4.69, 9.17) is 0 Å². The Labute approximate surface area is 139 Å². The van der Waals surface area contributed by atoms with E-state index >= 15 is 0 Å². The Kier molecular flexibility index (Phi) is 3.39. The summed E-state index contributed by atoms with van der Waals surface area (Å²) in [5.74, 6) is -0.00621. The van der Waals surface area contributed by atoms with Crippen LogP contribution in [0.2, 0.25) is 0 Å². The van der Waals surface area contributed by atoms with E-state index in [0.717, 1.165) is 33.3 Å². The van der Waals surface area contributed by atoms with Crippen molar-refractivity contribution in [2.24, 2.45) is 0 Å². The van der Waals surface area contributed by atoms with Gasteiger partial charge in [0.1, 0.15) is 5.75 Å². The summed E-state index contributed by atoms with van der Waals surface area (Å²) < 4.78 is 0. The average Bonchev–Trinajstić information content (AvgIpc) is 3.00. The Morgan fingerprint density at radius 2 is 1.46 bits per heavy atom. The Morgan fingerprint density at radius 3 is 2.08 bits per heavy atom. The molecule has 0 aliphatic carbocycles. The number of carbonyl (C=O) groups is 1. The van der Waals surface area contributed by atoms with Crippen LogP contribution in [0.5, 0.6) is 5.75 Å². The molecule has 1 aromatic heterocycles. The van der Waals surface area contributed by atoms with Crippen LogP contribution in [-0.4, -0.2) is 16.4 Å². The van der Waals surface area contributed by atoms with Crippen molar-refractivity contribution < 1.29 is 9.90 Å². The Morgan fingerprint density at radius 1 is 0.833 bits per heavy atom. The molecule has 24 heavy (non-hydrogen) atoms. The first-order valence-corrected chi connectivity index (χ1v) is 7.72. The first-order valence-electron chi connectivity index (χ1n) is 7.72. The number of H-pyrrole nitrogens is 1. The van der Waals surface area contributed by atoms with Crippen LogP contribution < -0.4 is 0 Å². The number of hydrogen-bond donors (Lipinski definition) is 2. The van der Waals surface area contributed by atoms with Gasteiger partial charge in [-0.15, -0.1) is 0 Å². The zero-order valence-electron chi connectivity index (χ0n) is 12.9. The van der Waals surface area contributed by atoms with Gasteiger partial charge >= 0.3 is 0 Å². The van der Waals surface area contributed by atoms with Gasteiger partial charge in [0.05, 0.1) is 11.3 Å². The molecule has 4 aromatic rings. The molecule has 0 saturated heterocycles. The van der Waals surface area contributed by atoms with Crippen molar-refractivity contribution in [2.45, 2.75) is 0 Å². The van der Waals surface area contributed by atoms with E-state index in [1.54, 1.807) is 12.1 Å². The second-order valence-corrected chi connectivity index (χ2v) is 5.68. The number of aromatic nitrogens is 1. The summed E-state index contributed by atoms with van der Waals surface area (Å²) in [5.41, 5.74) is 5.21. The predicted molar refractivity (Wildman–Crippen MR) is 96.2 cm³/mol. The SMILES string of the molecule is O=Cc1cc2[nH]c(-c3ccccc3)c(-c3ccccc3)c2cc1O. The third-order valence-corrected chi connectivity index (χ3v) is 4.20. The van der Waals surface area contributed by atoms with Crippen LogP contribution in [0.1, 0.15) is 10.4 Å². The second-order valence-electron chi connectivity index (χ2n) is 5.68. The number of phenolic OH excluding ortho intramolecular Hbond substituents is 1. The lowest BCUT2D eigenvalue weighted by Crippen LogP contribution is -1.82. The maximum Gasteiger partial charge on any atom is 0.153 e. The molecule has 0 saturated carbocycles. The minimum absolute atomic E-state index is 0.00621. The monoisotopic (exact) mass is 313 g/mol. The molecular formula is C21H15NO2. The van der Waals surface area contributed by atoms with Crippen molar-refractivity contribution in [1.29, 1.82) is 0 Å². The highest BCUT2D eigenvalue weighted by Crippen LogP contribution is 2.40. The minimum atomic E-state index is -0.00621. The summed E-state index contributed by atoms with van der Waals surface area (Å²) in [6.45, 7) is 0. The Hall–Kier alpha value is -3.33. The Balaban J connectivity index is 2.09. The van der Waals surface area contributed by atoms with Gasteiger partial charge in [0.25, 0.3) is 0 Å². The highest BCUT2D eigenvalue weighted by atomic mass is 16.3. The fraction of sp³-hybridized carbons (Fsp3) is 0. The number of rotatable bonds is 3. The summed E-state index contributed by atoms with van der Waals surface area (Å²) >= 11 is 0. The van der Waals surface area contributed by atoms with E-state index in [1.807, 2.05) is 60.7 Å². The van der Waals surface area contributed by atoms with Crippen molar-refractivity contribution in [3.8, 4) is 28.1 Å².